The molecule has 0 N–H and O–H groups in total. The van der Waals surface area contributed by atoms with Crippen LogP contribution in [0, 0.1) is 0 Å². The van der Waals surface area contributed by atoms with Crippen molar-refractivity contribution < 1.29 is 0 Å². The average molecular weight is 1350 g/mol. The molecule has 87 heavy (non-hydrogen) atoms. The largest absolute Gasteiger partial charge is 0.0776 e. The lowest BCUT2D eigenvalue weighted by atomic mass is 10.8. The van der Waals surface area contributed by atoms with E-state index in [0.29, 0.717) is 0 Å². The molecule has 0 spiro atoms. The van der Waals surface area contributed by atoms with Crippen molar-refractivity contribution in [2.45, 2.75) is 587 Å². The Morgan fingerprint density at radius 3 is 0.0230 bits per heavy atom. The molecule has 0 atom stereocenters. The molecule has 0 unspecified atom stereocenters. The fraction of sp³-hybridized carbons (Fsp3) is 1.00. The Morgan fingerprint density at radius 2 is 0.0230 bits per heavy atom. The van der Waals surface area contributed by atoms with E-state index in [1.807, 2.05) is 0 Å². The molecule has 0 fully saturated rings. The summed E-state index contributed by atoms with van der Waals surface area (Å²) in [7, 11) is 0. The molecule has 0 amide bonds. The fourth-order valence-electron chi connectivity index (χ4n) is 0. The van der Waals surface area contributed by atoms with Crippen LogP contribution in [0.15, 0.2) is 0 Å². The van der Waals surface area contributed by atoms with E-state index in [0.717, 1.165) is 0 Å². The van der Waals surface area contributed by atoms with Gasteiger partial charge in [-0.1, -0.05) is 587 Å². The van der Waals surface area contributed by atoms with Crippen LogP contribution in [0.2, 0.25) is 0 Å². The predicted molar refractivity (Wildman–Crippen MR) is 578 cm³/mol. The van der Waals surface area contributed by atoms with Crippen molar-refractivity contribution in [3.63, 3.8) is 0 Å². The van der Waals surface area contributed by atoms with E-state index in [4.69, 9.17) is 0 Å². The molecule has 0 saturated heterocycles. The molecule has 0 bridgehead atoms. The molecule has 0 aliphatic rings. The quantitative estimate of drug-likeness (QED) is 0.212. The molecule has 8 heteroatoms. The van der Waals surface area contributed by atoms with Crippen LogP contribution in [0.3, 0.4) is 0 Å². The fourth-order valence-corrected chi connectivity index (χ4v) is 0. The van der Waals surface area contributed by atoms with Crippen molar-refractivity contribution in [2.24, 2.45) is 0 Å². The molecule has 0 aromatic rings. The van der Waals surface area contributed by atoms with Crippen LogP contribution >= 0.6 is 0 Å². The Kier molecular flexibility index (Phi) is 65400000000. The van der Waals surface area contributed by atoms with Crippen LogP contribution in [0.25, 0.3) is 0 Å². The highest BCUT2D eigenvalue weighted by Crippen LogP contribution is 0.223. The van der Waals surface area contributed by atoms with Gasteiger partial charge in [0.2, 0.25) is 0 Å². The van der Waals surface area contributed by atoms with Gasteiger partial charge in [0, 0.05) is 67.3 Å². The van der Waals surface area contributed by atoms with Crippen molar-refractivity contribution in [1.29, 1.82) is 0 Å². The maximum atomic E-state index is 0. The number of hydrogen-bond donors (Lipinski definition) is 0. The normalized spacial score (nSPS) is 0. The first kappa shape index (κ1) is 2430000. The molecule has 0 aliphatic carbocycles. The van der Waals surface area contributed by atoms with E-state index in [1.54, 1.807) is 0 Å². The topological polar surface area (TPSA) is 0 Å². The maximum absolute atomic E-state index is 0. The molecule has 656 valence electrons. The summed E-state index contributed by atoms with van der Waals surface area (Å²) in [5.41, 5.74) is 0. The van der Waals surface area contributed by atoms with Gasteiger partial charge in [0.25, 0.3) is 0 Å². The summed E-state index contributed by atoms with van der Waals surface area (Å²) < 4.78 is 0. The summed E-state index contributed by atoms with van der Waals surface area (Å²) >= 11 is 0. The lowest BCUT2D eigenvalue weighted by Gasteiger charge is -0.0786. The number of hydrogen-bond acceptors (Lipinski definition) is 0. The van der Waals surface area contributed by atoms with Crippen LogP contribution in [-0.2, 0) is 0 Å². The van der Waals surface area contributed by atoms with E-state index in [9.17, 15) is 0 Å². The molecule has 0 aromatic heterocycles. The third-order valence-corrected chi connectivity index (χ3v) is 0. The van der Waals surface area contributed by atoms with Crippen molar-refractivity contribution in [3.05, 3.63) is 0 Å². The smallest absolute Gasteiger partial charge is 0 e. The lowest BCUT2D eigenvalue weighted by Crippen LogP contribution is -0.382. The zero-order chi connectivity index (χ0) is 0. The molecule has 0 aromatic carbocycles. The SMILES string of the molecule is C.C.C.C.C.C.C.C.C.C.C.C.C.C.C.C.C.C.C.C.C.C.C.C.C.C.C.C.C.C.C.C.C.C.C.C.C.C.C.C.C.C.C.C.C.C.C.C.C.C.C.C.C.C.C.C.C.C.C.C.C.C.C.C.C.C.C.C.C.C.C.C.C.C.C.C.C.C.C.[B].[B].[B].[B].[B].[B].[B].[B]. The van der Waals surface area contributed by atoms with Gasteiger partial charge in [-0.2, -0.15) is 0 Å². The zero-order valence-electron chi connectivity index (χ0n) is 4.62. The van der Waals surface area contributed by atoms with Crippen LogP contribution in [0.5, 0.6) is 0 Å². The Morgan fingerprint density at radius 1 is 0.0230 bits per heavy atom. The van der Waals surface area contributed by atoms with E-state index >= 15 is 0 Å². The van der Waals surface area contributed by atoms with E-state index in [1.165, 1.54) is 0 Å². The second-order valence-electron chi connectivity index (χ2n) is 0. The van der Waals surface area contributed by atoms with Crippen molar-refractivity contribution in [3.8, 4) is 0 Å². The van der Waals surface area contributed by atoms with Gasteiger partial charge in [-0.3, -0.25) is 0 Å². The third-order valence-electron chi connectivity index (χ3n) is 0. The molecule has 0 nitrogen and oxygen atoms in total. The van der Waals surface area contributed by atoms with Gasteiger partial charge in [-0.25, -0.2) is 0 Å². The minimum absolute atomic E-state index is 0. The van der Waals surface area contributed by atoms with Crippen LogP contribution in [-0.4, -0.2) is 67.3 Å². The highest BCUT2D eigenvalue weighted by atomic mass is 12.1. The molecule has 0 heterocycles. The minimum Gasteiger partial charge on any atom is -0.0776 e. The highest BCUT2D eigenvalue weighted by Gasteiger charge is 0.0291. The summed E-state index contributed by atoms with van der Waals surface area (Å²) in [6.45, 7) is 0. The Balaban J connectivity index is 0. The maximum Gasteiger partial charge on any atom is 0 e. The summed E-state index contributed by atoms with van der Waals surface area (Å²) in [6.07, 6.45) is 0. The molecule has 0 rings (SSSR count). The predicted octanol–water partition coefficient (Wildman–Crippen LogP) is 47.2. The zero-order valence-corrected chi connectivity index (χ0v) is 4.62. The Labute approximate surface area is 650 Å². The van der Waals surface area contributed by atoms with Crippen molar-refractivity contribution in [2.75, 3.05) is 0 Å². The summed E-state index contributed by atoms with van der Waals surface area (Å²) in [6, 6.07) is 0. The average Bonchev–Trinajstić information content (AvgIpc) is 0. The van der Waals surface area contributed by atoms with Crippen LogP contribution in [0.4, 0.5) is 0 Å². The monoisotopic (exact) mass is 1350 g/mol. The van der Waals surface area contributed by atoms with Crippen molar-refractivity contribution in [1.82, 2.24) is 0 Å². The highest BCUT2D eigenvalue weighted by molar-refractivity contribution is 5.76. The summed E-state index contributed by atoms with van der Waals surface area (Å²) in [4.78, 5) is 0. The van der Waals surface area contributed by atoms with Gasteiger partial charge in [0.1, 0.15) is 0 Å². The second-order valence-corrected chi connectivity index (χ2v) is 0. The standard InChI is InChI=1S/79CH4.8B/h79*1H4;;;;;;;;. The van der Waals surface area contributed by atoms with Gasteiger partial charge in [-0.05, 0) is 0 Å². The molecule has 0 aliphatic heterocycles. The van der Waals surface area contributed by atoms with Gasteiger partial charge >= 0.3 is 0 Å². The van der Waals surface area contributed by atoms with Crippen LogP contribution in [0.1, 0.15) is 587 Å². The van der Waals surface area contributed by atoms with E-state index < -0.39 is 0 Å². The number of rotatable bonds is 0. The van der Waals surface area contributed by atoms with Gasteiger partial charge < -0.3 is 0 Å². The van der Waals surface area contributed by atoms with Gasteiger partial charge in [0.15, 0.2) is 0 Å². The van der Waals surface area contributed by atoms with E-state index in [2.05, 4.69) is 0 Å². The third kappa shape index (κ3) is 2290000. The summed E-state index contributed by atoms with van der Waals surface area (Å²) in [5, 5.41) is 0. The van der Waals surface area contributed by atoms with E-state index in [-0.39, 0.29) is 654 Å². The van der Waals surface area contributed by atoms with Crippen LogP contribution < -0.4 is 0 Å². The Hall–Kier alpha value is 0.519. The molecule has 0 saturated carbocycles. The van der Waals surface area contributed by atoms with Crippen molar-refractivity contribution >= 4 is 67.3 Å². The van der Waals surface area contributed by atoms with Gasteiger partial charge in [0.05, 0.1) is 0 Å². The molecular weight excluding hydrogens is 1040 g/mol. The van der Waals surface area contributed by atoms with Gasteiger partial charge in [-0.15, -0.1) is 0 Å². The molecule has 24 radical (unpaired) electrons. The first-order chi connectivity index (χ1) is 0. The molecular formula is C79H316B8. The second kappa shape index (κ2) is 2340000. The minimum atomic E-state index is 0. The first-order valence-electron chi connectivity index (χ1n) is 0. The first-order valence-corrected chi connectivity index (χ1v) is 0. The summed E-state index contributed by atoms with van der Waals surface area (Å²) in [5.74, 6) is 0. The lowest BCUT2D eigenvalue weighted by molar-refractivity contribution is 2.50. The Bertz CT molecular complexity index is 38.5.